The van der Waals surface area contributed by atoms with Gasteiger partial charge in [-0.1, -0.05) is 17.7 Å². The molecule has 0 radical (unpaired) electrons. The van der Waals surface area contributed by atoms with Gasteiger partial charge >= 0.3 is 0 Å². The molecule has 1 heterocycles. The first kappa shape index (κ1) is 16.8. The highest BCUT2D eigenvalue weighted by molar-refractivity contribution is 8.00. The van der Waals surface area contributed by atoms with Crippen molar-refractivity contribution in [3.05, 3.63) is 24.3 Å². The van der Waals surface area contributed by atoms with Gasteiger partial charge in [0.1, 0.15) is 0 Å². The molecule has 1 unspecified atom stereocenters. The van der Waals surface area contributed by atoms with Crippen molar-refractivity contribution in [2.75, 3.05) is 38.6 Å². The maximum absolute atomic E-state index is 5.37. The van der Waals surface area contributed by atoms with E-state index in [0.29, 0.717) is 0 Å². The van der Waals surface area contributed by atoms with Gasteiger partial charge in [0.05, 0.1) is 13.2 Å². The van der Waals surface area contributed by atoms with Crippen LogP contribution in [0, 0.1) is 0 Å². The van der Waals surface area contributed by atoms with Crippen LogP contribution in [0.1, 0.15) is 33.6 Å². The Balaban J connectivity index is 2.25. The lowest BCUT2D eigenvalue weighted by Gasteiger charge is -2.29. The van der Waals surface area contributed by atoms with E-state index in [1.54, 1.807) is 0 Å². The maximum atomic E-state index is 5.37. The lowest BCUT2D eigenvalue weighted by molar-refractivity contribution is 0.0410. The number of hydrogen-bond donors (Lipinski definition) is 0. The van der Waals surface area contributed by atoms with Gasteiger partial charge in [0.2, 0.25) is 0 Å². The number of nitrogens with zero attached hydrogens (tertiary/aromatic N) is 1. The third kappa shape index (κ3) is 7.19. The monoisotopic (exact) mass is 283 g/mol. The predicted octanol–water partition coefficient (Wildman–Crippen LogP) is 3.74. The maximum Gasteiger partial charge on any atom is 0.0594 e. The first-order valence-corrected chi connectivity index (χ1v) is 8.25. The van der Waals surface area contributed by atoms with Crippen molar-refractivity contribution in [2.24, 2.45) is 0 Å². The quantitative estimate of drug-likeness (QED) is 0.630. The van der Waals surface area contributed by atoms with E-state index in [2.05, 4.69) is 44.4 Å². The molecule has 1 rings (SSSR count). The summed E-state index contributed by atoms with van der Waals surface area (Å²) in [7, 11) is 0. The standard InChI is InChI=1S/C16H29NOS/c1-5-16(4,8-6-7-15(2)3)19-14-11-17-9-12-18-13-10-17/h5,7H,1,6,8-14H2,2-4H3. The van der Waals surface area contributed by atoms with Crippen LogP contribution in [0.2, 0.25) is 0 Å². The van der Waals surface area contributed by atoms with Crippen LogP contribution in [-0.4, -0.2) is 48.2 Å². The summed E-state index contributed by atoms with van der Waals surface area (Å²) in [5.74, 6) is 1.18. The topological polar surface area (TPSA) is 12.5 Å². The van der Waals surface area contributed by atoms with E-state index in [-0.39, 0.29) is 4.75 Å². The van der Waals surface area contributed by atoms with Crippen LogP contribution < -0.4 is 0 Å². The average Bonchev–Trinajstić information content (AvgIpc) is 2.39. The fourth-order valence-corrected chi connectivity index (χ4v) is 3.31. The number of morpholine rings is 1. The van der Waals surface area contributed by atoms with E-state index >= 15 is 0 Å². The van der Waals surface area contributed by atoms with Gasteiger partial charge in [0.15, 0.2) is 0 Å². The molecule has 0 N–H and O–H groups in total. The zero-order valence-corrected chi connectivity index (χ0v) is 13.6. The summed E-state index contributed by atoms with van der Waals surface area (Å²) in [6, 6.07) is 0. The van der Waals surface area contributed by atoms with Crippen molar-refractivity contribution in [3.63, 3.8) is 0 Å². The summed E-state index contributed by atoms with van der Waals surface area (Å²) in [5.41, 5.74) is 1.41. The van der Waals surface area contributed by atoms with Crippen molar-refractivity contribution < 1.29 is 4.74 Å². The second-order valence-electron chi connectivity index (χ2n) is 5.64. The minimum Gasteiger partial charge on any atom is -0.379 e. The summed E-state index contributed by atoms with van der Waals surface area (Å²) in [5, 5.41) is 0. The van der Waals surface area contributed by atoms with Crippen LogP contribution in [-0.2, 0) is 4.74 Å². The fraction of sp³-hybridized carbons (Fsp3) is 0.750. The molecule has 1 saturated heterocycles. The summed E-state index contributed by atoms with van der Waals surface area (Å²) < 4.78 is 5.58. The molecule has 0 aromatic carbocycles. The minimum atomic E-state index is 0.207. The van der Waals surface area contributed by atoms with Gasteiger partial charge in [0, 0.05) is 30.1 Å². The summed E-state index contributed by atoms with van der Waals surface area (Å²) in [4.78, 5) is 2.50. The van der Waals surface area contributed by atoms with Gasteiger partial charge < -0.3 is 4.74 Å². The Kier molecular flexibility index (Phi) is 7.81. The van der Waals surface area contributed by atoms with E-state index in [1.165, 1.54) is 24.3 Å². The Morgan fingerprint density at radius 1 is 1.37 bits per heavy atom. The zero-order chi connectivity index (χ0) is 14.1. The summed E-state index contributed by atoms with van der Waals surface area (Å²) >= 11 is 2.04. The van der Waals surface area contributed by atoms with Crippen LogP contribution in [0.4, 0.5) is 0 Å². The highest BCUT2D eigenvalue weighted by atomic mass is 32.2. The predicted molar refractivity (Wildman–Crippen MR) is 87.0 cm³/mol. The van der Waals surface area contributed by atoms with E-state index in [0.717, 1.165) is 32.7 Å². The van der Waals surface area contributed by atoms with Crippen LogP contribution in [0.3, 0.4) is 0 Å². The molecule has 0 aliphatic carbocycles. The molecule has 110 valence electrons. The number of hydrogen-bond acceptors (Lipinski definition) is 3. The van der Waals surface area contributed by atoms with Crippen LogP contribution >= 0.6 is 11.8 Å². The van der Waals surface area contributed by atoms with Crippen LogP contribution in [0.15, 0.2) is 24.3 Å². The van der Waals surface area contributed by atoms with Gasteiger partial charge in [-0.2, -0.15) is 0 Å². The largest absolute Gasteiger partial charge is 0.379 e. The van der Waals surface area contributed by atoms with Crippen molar-refractivity contribution in [3.8, 4) is 0 Å². The molecule has 0 aromatic heterocycles. The Bertz CT molecular complexity index is 293. The molecule has 3 heteroatoms. The smallest absolute Gasteiger partial charge is 0.0594 e. The zero-order valence-electron chi connectivity index (χ0n) is 12.8. The van der Waals surface area contributed by atoms with Gasteiger partial charge in [-0.25, -0.2) is 0 Å². The van der Waals surface area contributed by atoms with Crippen LogP contribution in [0.5, 0.6) is 0 Å². The van der Waals surface area contributed by atoms with Gasteiger partial charge in [-0.05, 0) is 33.6 Å². The number of allylic oxidation sites excluding steroid dienone is 2. The van der Waals surface area contributed by atoms with Crippen LogP contribution in [0.25, 0.3) is 0 Å². The molecule has 1 fully saturated rings. The summed E-state index contributed by atoms with van der Waals surface area (Å²) in [6.07, 6.45) is 6.77. The molecule has 1 atom stereocenters. The molecule has 0 amide bonds. The second-order valence-corrected chi connectivity index (χ2v) is 7.27. The molecular formula is C16H29NOS. The Morgan fingerprint density at radius 3 is 2.63 bits per heavy atom. The first-order valence-electron chi connectivity index (χ1n) is 7.27. The third-order valence-corrected chi connectivity index (χ3v) is 4.99. The van der Waals surface area contributed by atoms with Gasteiger partial charge in [-0.3, -0.25) is 4.90 Å². The molecule has 0 bridgehead atoms. The van der Waals surface area contributed by atoms with Crippen molar-refractivity contribution in [1.82, 2.24) is 4.90 Å². The second kappa shape index (κ2) is 8.83. The number of ether oxygens (including phenoxy) is 1. The molecule has 1 aliphatic heterocycles. The van der Waals surface area contributed by atoms with E-state index < -0.39 is 0 Å². The third-order valence-electron chi connectivity index (χ3n) is 3.57. The normalized spacial score (nSPS) is 19.7. The van der Waals surface area contributed by atoms with Crippen molar-refractivity contribution >= 4 is 11.8 Å². The van der Waals surface area contributed by atoms with Gasteiger partial charge in [0.25, 0.3) is 0 Å². The SMILES string of the molecule is C=CC(C)(CCC=C(C)C)SCCN1CCOCC1. The summed E-state index contributed by atoms with van der Waals surface area (Å²) in [6.45, 7) is 15.8. The highest BCUT2D eigenvalue weighted by Gasteiger charge is 2.20. The van der Waals surface area contributed by atoms with E-state index in [4.69, 9.17) is 4.74 Å². The molecule has 0 aromatic rings. The highest BCUT2D eigenvalue weighted by Crippen LogP contribution is 2.31. The molecule has 19 heavy (non-hydrogen) atoms. The minimum absolute atomic E-state index is 0.207. The Morgan fingerprint density at radius 2 is 2.05 bits per heavy atom. The van der Waals surface area contributed by atoms with Crippen molar-refractivity contribution in [2.45, 2.75) is 38.4 Å². The average molecular weight is 283 g/mol. The lowest BCUT2D eigenvalue weighted by Crippen LogP contribution is -2.38. The molecule has 2 nitrogen and oxygen atoms in total. The molecule has 0 saturated carbocycles. The van der Waals surface area contributed by atoms with Gasteiger partial charge in [-0.15, -0.1) is 18.3 Å². The number of rotatable bonds is 8. The van der Waals surface area contributed by atoms with E-state index in [9.17, 15) is 0 Å². The number of thioether (sulfide) groups is 1. The van der Waals surface area contributed by atoms with E-state index in [1.807, 2.05) is 11.8 Å². The van der Waals surface area contributed by atoms with Crippen molar-refractivity contribution in [1.29, 1.82) is 0 Å². The molecule has 1 aliphatic rings. The first-order chi connectivity index (χ1) is 9.06. The molecule has 0 spiro atoms. The molecular weight excluding hydrogens is 254 g/mol. The lowest BCUT2D eigenvalue weighted by atomic mass is 10.0. The Labute approximate surface area is 123 Å². The Hall–Kier alpha value is -0.250. The fourth-order valence-electron chi connectivity index (χ4n) is 2.11.